The molecular formula is C12H20N4OS. The quantitative estimate of drug-likeness (QED) is 0.880. The Balaban J connectivity index is 2.26. The molecule has 5 nitrogen and oxygen atoms in total. The fourth-order valence-corrected chi connectivity index (χ4v) is 3.04. The number of nitrogens with zero attached hydrogens (tertiary/aromatic N) is 3. The van der Waals surface area contributed by atoms with Crippen molar-refractivity contribution in [3.63, 3.8) is 0 Å². The number of nitrogen functional groups attached to an aromatic ring is 1. The molecule has 0 unspecified atom stereocenters. The van der Waals surface area contributed by atoms with Gasteiger partial charge in [0.05, 0.1) is 11.4 Å². The molecule has 18 heavy (non-hydrogen) atoms. The lowest BCUT2D eigenvalue weighted by Gasteiger charge is -2.20. The van der Waals surface area contributed by atoms with Crippen LogP contribution in [0.25, 0.3) is 0 Å². The summed E-state index contributed by atoms with van der Waals surface area (Å²) in [5.41, 5.74) is 7.81. The molecule has 0 aromatic carbocycles. The van der Waals surface area contributed by atoms with Crippen LogP contribution < -0.4 is 5.73 Å². The predicted molar refractivity (Wildman–Crippen MR) is 74.9 cm³/mol. The first-order valence-corrected chi connectivity index (χ1v) is 7.50. The normalized spacial score (nSPS) is 16.7. The summed E-state index contributed by atoms with van der Waals surface area (Å²) >= 11 is 1.90. The second-order valence-electron chi connectivity index (χ2n) is 4.42. The summed E-state index contributed by atoms with van der Waals surface area (Å²) in [6.07, 6.45) is 1.05. The summed E-state index contributed by atoms with van der Waals surface area (Å²) in [4.78, 5) is 14.4. The Bertz CT molecular complexity index is 436. The lowest BCUT2D eigenvalue weighted by molar-refractivity contribution is 0.0757. The first-order chi connectivity index (χ1) is 8.65. The van der Waals surface area contributed by atoms with Crippen LogP contribution in [0.5, 0.6) is 0 Å². The molecule has 1 fully saturated rings. The average Bonchev–Trinajstić information content (AvgIpc) is 2.60. The molecule has 6 heteroatoms. The minimum atomic E-state index is 0.0254. The van der Waals surface area contributed by atoms with E-state index in [1.165, 1.54) is 0 Å². The van der Waals surface area contributed by atoms with Gasteiger partial charge in [0.1, 0.15) is 5.69 Å². The first-order valence-electron chi connectivity index (χ1n) is 6.35. The number of carbonyl (C=O) groups excluding carboxylic acids is 1. The molecule has 0 bridgehead atoms. The van der Waals surface area contributed by atoms with Gasteiger partial charge in [-0.3, -0.25) is 9.48 Å². The molecule has 100 valence electrons. The molecule has 1 aromatic heterocycles. The number of rotatable bonds is 2. The second-order valence-corrected chi connectivity index (χ2v) is 5.65. The van der Waals surface area contributed by atoms with Gasteiger partial charge in [-0.2, -0.15) is 16.9 Å². The molecule has 2 rings (SSSR count). The highest BCUT2D eigenvalue weighted by molar-refractivity contribution is 7.99. The van der Waals surface area contributed by atoms with E-state index in [4.69, 9.17) is 5.73 Å². The van der Waals surface area contributed by atoms with Crippen molar-refractivity contribution in [1.82, 2.24) is 14.7 Å². The van der Waals surface area contributed by atoms with Gasteiger partial charge in [0.15, 0.2) is 0 Å². The maximum atomic E-state index is 12.5. The summed E-state index contributed by atoms with van der Waals surface area (Å²) < 4.78 is 1.71. The van der Waals surface area contributed by atoms with Gasteiger partial charge >= 0.3 is 0 Å². The Labute approximate surface area is 112 Å². The molecular weight excluding hydrogens is 248 g/mol. The summed E-state index contributed by atoms with van der Waals surface area (Å²) in [6, 6.07) is 0. The van der Waals surface area contributed by atoms with Crippen molar-refractivity contribution >= 4 is 23.4 Å². The predicted octanol–water partition coefficient (Wildman–Crippen LogP) is 1.37. The van der Waals surface area contributed by atoms with E-state index in [0.717, 1.165) is 36.7 Å². The molecule has 1 aliphatic rings. The molecule has 1 saturated heterocycles. The highest BCUT2D eigenvalue weighted by Gasteiger charge is 2.24. The molecule has 0 saturated carbocycles. The van der Waals surface area contributed by atoms with E-state index >= 15 is 0 Å². The van der Waals surface area contributed by atoms with E-state index in [1.54, 1.807) is 4.68 Å². The molecule has 0 atom stereocenters. The fraction of sp³-hybridized carbons (Fsp3) is 0.667. The van der Waals surface area contributed by atoms with Crippen molar-refractivity contribution in [1.29, 1.82) is 0 Å². The average molecular weight is 268 g/mol. The second kappa shape index (κ2) is 5.65. The van der Waals surface area contributed by atoms with Gasteiger partial charge in [-0.25, -0.2) is 0 Å². The summed E-state index contributed by atoms with van der Waals surface area (Å²) in [5.74, 6) is 2.16. The van der Waals surface area contributed by atoms with Crippen molar-refractivity contribution < 1.29 is 4.79 Å². The molecule has 0 aliphatic carbocycles. The molecule has 1 aromatic rings. The topological polar surface area (TPSA) is 64.2 Å². The number of carbonyl (C=O) groups is 1. The van der Waals surface area contributed by atoms with Crippen molar-refractivity contribution in [2.24, 2.45) is 0 Å². The van der Waals surface area contributed by atoms with Gasteiger partial charge in [-0.1, -0.05) is 0 Å². The number of aryl methyl sites for hydroxylation is 2. The van der Waals surface area contributed by atoms with Crippen molar-refractivity contribution in [3.05, 3.63) is 11.4 Å². The first kappa shape index (κ1) is 13.3. The van der Waals surface area contributed by atoms with E-state index in [-0.39, 0.29) is 5.91 Å². The molecule has 2 heterocycles. The number of amides is 1. The van der Waals surface area contributed by atoms with Crippen molar-refractivity contribution in [3.8, 4) is 0 Å². The number of hydrogen-bond donors (Lipinski definition) is 1. The van der Waals surface area contributed by atoms with Crippen LogP contribution in [0.1, 0.15) is 29.5 Å². The standard InChI is InChI=1S/C12H20N4OS/c1-3-16-11(10(13)9(2)14-16)12(17)15-5-4-7-18-8-6-15/h3-8,13H2,1-2H3. The van der Waals surface area contributed by atoms with E-state index in [9.17, 15) is 4.79 Å². The smallest absolute Gasteiger partial charge is 0.274 e. The van der Waals surface area contributed by atoms with Crippen LogP contribution >= 0.6 is 11.8 Å². The number of thioether (sulfide) groups is 1. The van der Waals surface area contributed by atoms with Crippen LogP contribution in [0, 0.1) is 6.92 Å². The van der Waals surface area contributed by atoms with Crippen LogP contribution in [-0.2, 0) is 6.54 Å². The zero-order valence-electron chi connectivity index (χ0n) is 11.0. The Kier molecular flexibility index (Phi) is 4.16. The van der Waals surface area contributed by atoms with Crippen LogP contribution in [-0.4, -0.2) is 45.2 Å². The Hall–Kier alpha value is -1.17. The molecule has 0 radical (unpaired) electrons. The summed E-state index contributed by atoms with van der Waals surface area (Å²) in [5, 5.41) is 4.31. The third kappa shape index (κ3) is 2.48. The molecule has 0 spiro atoms. The third-order valence-corrected chi connectivity index (χ3v) is 4.23. The zero-order chi connectivity index (χ0) is 13.1. The van der Waals surface area contributed by atoms with E-state index in [0.29, 0.717) is 17.9 Å². The highest BCUT2D eigenvalue weighted by Crippen LogP contribution is 2.20. The Morgan fingerprint density at radius 1 is 1.44 bits per heavy atom. The van der Waals surface area contributed by atoms with Crippen LogP contribution in [0.3, 0.4) is 0 Å². The van der Waals surface area contributed by atoms with Crippen LogP contribution in [0.4, 0.5) is 5.69 Å². The summed E-state index contributed by atoms with van der Waals surface area (Å²) in [6.45, 7) is 6.11. The number of anilines is 1. The van der Waals surface area contributed by atoms with Crippen molar-refractivity contribution in [2.45, 2.75) is 26.8 Å². The van der Waals surface area contributed by atoms with E-state index < -0.39 is 0 Å². The van der Waals surface area contributed by atoms with Gasteiger partial charge < -0.3 is 10.6 Å². The van der Waals surface area contributed by atoms with Crippen LogP contribution in [0.2, 0.25) is 0 Å². The van der Waals surface area contributed by atoms with E-state index in [2.05, 4.69) is 5.10 Å². The molecule has 1 amide bonds. The largest absolute Gasteiger partial charge is 0.395 e. The zero-order valence-corrected chi connectivity index (χ0v) is 11.8. The Morgan fingerprint density at radius 2 is 2.22 bits per heavy atom. The maximum Gasteiger partial charge on any atom is 0.274 e. The SMILES string of the molecule is CCn1nc(C)c(N)c1C(=O)N1CCCSCC1. The van der Waals surface area contributed by atoms with Crippen LogP contribution in [0.15, 0.2) is 0 Å². The lowest BCUT2D eigenvalue weighted by atomic mass is 10.2. The minimum Gasteiger partial charge on any atom is -0.395 e. The Morgan fingerprint density at radius 3 is 2.94 bits per heavy atom. The third-order valence-electron chi connectivity index (χ3n) is 3.19. The van der Waals surface area contributed by atoms with Gasteiger partial charge in [0.25, 0.3) is 5.91 Å². The van der Waals surface area contributed by atoms with Crippen molar-refractivity contribution in [2.75, 3.05) is 30.3 Å². The van der Waals surface area contributed by atoms with Gasteiger partial charge in [-0.05, 0) is 26.0 Å². The van der Waals surface area contributed by atoms with Gasteiger partial charge in [-0.15, -0.1) is 0 Å². The van der Waals surface area contributed by atoms with Gasteiger partial charge in [0, 0.05) is 25.4 Å². The molecule has 1 aliphatic heterocycles. The fourth-order valence-electron chi connectivity index (χ4n) is 2.15. The van der Waals surface area contributed by atoms with Gasteiger partial charge in [0.2, 0.25) is 0 Å². The molecule has 2 N–H and O–H groups in total. The lowest BCUT2D eigenvalue weighted by Crippen LogP contribution is -2.34. The monoisotopic (exact) mass is 268 g/mol. The number of aromatic nitrogens is 2. The number of hydrogen-bond acceptors (Lipinski definition) is 4. The van der Waals surface area contributed by atoms with E-state index in [1.807, 2.05) is 30.5 Å². The maximum absolute atomic E-state index is 12.5. The summed E-state index contributed by atoms with van der Waals surface area (Å²) in [7, 11) is 0. The highest BCUT2D eigenvalue weighted by atomic mass is 32.2. The minimum absolute atomic E-state index is 0.0254. The number of nitrogens with two attached hydrogens (primary N) is 1.